The van der Waals surface area contributed by atoms with Crippen LogP contribution in [0.25, 0.3) is 0 Å². The van der Waals surface area contributed by atoms with Gasteiger partial charge in [0.05, 0.1) is 12.1 Å². The van der Waals surface area contributed by atoms with Gasteiger partial charge in [-0.3, -0.25) is 4.79 Å². The van der Waals surface area contributed by atoms with Crippen LogP contribution in [0.4, 0.5) is 0 Å². The topological polar surface area (TPSA) is 52.6 Å². The predicted octanol–water partition coefficient (Wildman–Crippen LogP) is 0.890. The zero-order valence-electron chi connectivity index (χ0n) is 10.7. The van der Waals surface area contributed by atoms with Crippen molar-refractivity contribution in [3.05, 3.63) is 0 Å². The summed E-state index contributed by atoms with van der Waals surface area (Å²) in [5, 5.41) is 13.2. The summed E-state index contributed by atoms with van der Waals surface area (Å²) < 4.78 is 0. The number of aliphatic hydroxyl groups excluding tert-OH is 1. The third kappa shape index (κ3) is 3.19. The van der Waals surface area contributed by atoms with Gasteiger partial charge in [-0.15, -0.1) is 0 Å². The maximum atomic E-state index is 12.1. The second-order valence-corrected chi connectivity index (χ2v) is 5.38. The van der Waals surface area contributed by atoms with Crippen LogP contribution in [-0.4, -0.2) is 47.2 Å². The first-order valence-electron chi connectivity index (χ1n) is 6.91. The van der Waals surface area contributed by atoms with Crippen LogP contribution in [0.1, 0.15) is 45.4 Å². The Labute approximate surface area is 103 Å². The van der Waals surface area contributed by atoms with E-state index in [2.05, 4.69) is 5.32 Å². The summed E-state index contributed by atoms with van der Waals surface area (Å²) in [5.41, 5.74) is 0. The van der Waals surface area contributed by atoms with Crippen LogP contribution >= 0.6 is 0 Å². The van der Waals surface area contributed by atoms with Gasteiger partial charge in [-0.1, -0.05) is 12.8 Å². The molecule has 0 radical (unpaired) electrons. The number of nitrogens with one attached hydrogen (secondary N) is 1. The van der Waals surface area contributed by atoms with Gasteiger partial charge >= 0.3 is 0 Å². The lowest BCUT2D eigenvalue weighted by Gasteiger charge is -2.32. The van der Waals surface area contributed by atoms with Crippen molar-refractivity contribution in [2.45, 2.75) is 63.6 Å². The number of carbonyl (C=O) groups excluding carboxylic acids is 1. The van der Waals surface area contributed by atoms with Crippen LogP contribution in [0.5, 0.6) is 0 Å². The Hall–Kier alpha value is -0.610. The van der Waals surface area contributed by atoms with E-state index in [1.165, 1.54) is 0 Å². The molecule has 3 atom stereocenters. The molecule has 1 aliphatic heterocycles. The minimum absolute atomic E-state index is 0.102. The molecule has 0 aromatic heterocycles. The lowest BCUT2D eigenvalue weighted by molar-refractivity contribution is -0.132. The molecule has 0 spiro atoms. The van der Waals surface area contributed by atoms with Crippen LogP contribution in [0.3, 0.4) is 0 Å². The van der Waals surface area contributed by atoms with E-state index in [1.807, 2.05) is 11.8 Å². The summed E-state index contributed by atoms with van der Waals surface area (Å²) >= 11 is 0. The predicted molar refractivity (Wildman–Crippen MR) is 66.7 cm³/mol. The fourth-order valence-electron chi connectivity index (χ4n) is 2.91. The lowest BCUT2D eigenvalue weighted by Crippen LogP contribution is -2.52. The molecule has 1 saturated heterocycles. The molecule has 98 valence electrons. The van der Waals surface area contributed by atoms with Gasteiger partial charge in [-0.05, 0) is 32.6 Å². The monoisotopic (exact) mass is 240 g/mol. The molecule has 1 heterocycles. The van der Waals surface area contributed by atoms with Gasteiger partial charge in [-0.2, -0.15) is 0 Å². The minimum atomic E-state index is -0.280. The molecule has 2 rings (SSSR count). The zero-order valence-corrected chi connectivity index (χ0v) is 10.7. The van der Waals surface area contributed by atoms with Gasteiger partial charge in [-0.25, -0.2) is 0 Å². The summed E-state index contributed by atoms with van der Waals surface area (Å²) in [7, 11) is 0. The number of aliphatic hydroxyl groups is 1. The Kier molecular flexibility index (Phi) is 4.40. The largest absolute Gasteiger partial charge is 0.392 e. The van der Waals surface area contributed by atoms with Crippen molar-refractivity contribution in [1.82, 2.24) is 10.2 Å². The molecule has 4 nitrogen and oxygen atoms in total. The molecule has 0 aromatic carbocycles. The molecular formula is C13H24N2O2. The number of carbonyl (C=O) groups is 1. The molecule has 1 aliphatic carbocycles. The first-order valence-corrected chi connectivity index (χ1v) is 6.91. The van der Waals surface area contributed by atoms with E-state index in [1.54, 1.807) is 0 Å². The Bertz CT molecular complexity index is 264. The van der Waals surface area contributed by atoms with Crippen LogP contribution in [0.2, 0.25) is 0 Å². The van der Waals surface area contributed by atoms with Crippen molar-refractivity contribution in [3.8, 4) is 0 Å². The molecular weight excluding hydrogens is 216 g/mol. The molecule has 0 aromatic rings. The van der Waals surface area contributed by atoms with E-state index >= 15 is 0 Å². The smallest absolute Gasteiger partial charge is 0.239 e. The van der Waals surface area contributed by atoms with Crippen molar-refractivity contribution in [2.75, 3.05) is 13.1 Å². The molecule has 1 amide bonds. The van der Waals surface area contributed by atoms with Crippen molar-refractivity contribution in [3.63, 3.8) is 0 Å². The minimum Gasteiger partial charge on any atom is -0.392 e. The number of rotatable bonds is 3. The highest BCUT2D eigenvalue weighted by atomic mass is 16.3. The summed E-state index contributed by atoms with van der Waals surface area (Å²) in [6.45, 7) is 3.72. The quantitative estimate of drug-likeness (QED) is 0.770. The summed E-state index contributed by atoms with van der Waals surface area (Å²) in [4.78, 5) is 14.0. The average Bonchev–Trinajstić information content (AvgIpc) is 2.84. The normalized spacial score (nSPS) is 31.5. The Morgan fingerprint density at radius 3 is 2.53 bits per heavy atom. The highest BCUT2D eigenvalue weighted by Gasteiger charge is 2.28. The highest BCUT2D eigenvalue weighted by molar-refractivity contribution is 5.81. The second-order valence-electron chi connectivity index (χ2n) is 5.38. The SMILES string of the molecule is CC(N[C@H]1CCCC[C@@H]1O)C(=O)N1CCCC1. The number of hydrogen-bond donors (Lipinski definition) is 2. The van der Waals surface area contributed by atoms with Crippen LogP contribution < -0.4 is 5.32 Å². The zero-order chi connectivity index (χ0) is 12.3. The fraction of sp³-hybridized carbons (Fsp3) is 0.923. The van der Waals surface area contributed by atoms with E-state index in [-0.39, 0.29) is 24.1 Å². The third-order valence-electron chi connectivity index (χ3n) is 3.98. The van der Waals surface area contributed by atoms with Crippen LogP contribution in [0.15, 0.2) is 0 Å². The third-order valence-corrected chi connectivity index (χ3v) is 3.98. The van der Waals surface area contributed by atoms with Crippen LogP contribution in [0, 0.1) is 0 Å². The molecule has 2 N–H and O–H groups in total. The fourth-order valence-corrected chi connectivity index (χ4v) is 2.91. The Morgan fingerprint density at radius 2 is 1.88 bits per heavy atom. The standard InChI is InChI=1S/C13H24N2O2/c1-10(13(17)15-8-4-5-9-15)14-11-6-2-3-7-12(11)16/h10-12,14,16H,2-9H2,1H3/t10?,11-,12-/m0/s1. The summed E-state index contributed by atoms with van der Waals surface area (Å²) in [5.74, 6) is 0.195. The first-order chi connectivity index (χ1) is 8.18. The molecule has 4 heteroatoms. The molecule has 1 unspecified atom stereocenters. The first kappa shape index (κ1) is 12.8. The number of hydrogen-bond acceptors (Lipinski definition) is 3. The highest BCUT2D eigenvalue weighted by Crippen LogP contribution is 2.19. The second kappa shape index (κ2) is 5.83. The Morgan fingerprint density at radius 1 is 1.24 bits per heavy atom. The lowest BCUT2D eigenvalue weighted by atomic mass is 9.92. The maximum absolute atomic E-state index is 12.1. The van der Waals surface area contributed by atoms with Gasteiger partial charge in [0.25, 0.3) is 0 Å². The van der Waals surface area contributed by atoms with Gasteiger partial charge < -0.3 is 15.3 Å². The molecule has 2 fully saturated rings. The molecule has 1 saturated carbocycles. The number of likely N-dealkylation sites (tertiary alicyclic amines) is 1. The van der Waals surface area contributed by atoms with E-state index < -0.39 is 0 Å². The average molecular weight is 240 g/mol. The van der Waals surface area contributed by atoms with E-state index in [0.29, 0.717) is 0 Å². The van der Waals surface area contributed by atoms with Crippen molar-refractivity contribution in [1.29, 1.82) is 0 Å². The summed E-state index contributed by atoms with van der Waals surface area (Å²) in [6.07, 6.45) is 6.08. The van der Waals surface area contributed by atoms with Crippen molar-refractivity contribution < 1.29 is 9.90 Å². The van der Waals surface area contributed by atoms with Gasteiger partial charge in [0.2, 0.25) is 5.91 Å². The summed E-state index contributed by atoms with van der Waals surface area (Å²) in [6, 6.07) is -0.0591. The van der Waals surface area contributed by atoms with Gasteiger partial charge in [0, 0.05) is 19.1 Å². The van der Waals surface area contributed by atoms with E-state index in [9.17, 15) is 9.90 Å². The number of amides is 1. The number of nitrogens with zero attached hydrogens (tertiary/aromatic N) is 1. The van der Waals surface area contributed by atoms with Gasteiger partial charge in [0.15, 0.2) is 0 Å². The van der Waals surface area contributed by atoms with Crippen LogP contribution in [-0.2, 0) is 4.79 Å². The molecule has 0 bridgehead atoms. The van der Waals surface area contributed by atoms with Crippen molar-refractivity contribution in [2.24, 2.45) is 0 Å². The maximum Gasteiger partial charge on any atom is 0.239 e. The Balaban J connectivity index is 1.82. The van der Waals surface area contributed by atoms with Crippen molar-refractivity contribution >= 4 is 5.91 Å². The van der Waals surface area contributed by atoms with E-state index in [4.69, 9.17) is 0 Å². The molecule has 17 heavy (non-hydrogen) atoms. The molecule has 2 aliphatic rings. The van der Waals surface area contributed by atoms with E-state index in [0.717, 1.165) is 51.6 Å². The van der Waals surface area contributed by atoms with Gasteiger partial charge in [0.1, 0.15) is 0 Å².